The van der Waals surface area contributed by atoms with Gasteiger partial charge in [0.25, 0.3) is 0 Å². The summed E-state index contributed by atoms with van der Waals surface area (Å²) < 4.78 is 5.75. The molecule has 5 heteroatoms. The van der Waals surface area contributed by atoms with Gasteiger partial charge in [0.05, 0.1) is 12.6 Å². The largest absolute Gasteiger partial charge is 0.496 e. The minimum atomic E-state index is 0.177. The fourth-order valence-corrected chi connectivity index (χ4v) is 5.67. The van der Waals surface area contributed by atoms with Crippen LogP contribution in [0.25, 0.3) is 34.0 Å². The third-order valence-corrected chi connectivity index (χ3v) is 8.14. The number of benzene rings is 3. The summed E-state index contributed by atoms with van der Waals surface area (Å²) in [4.78, 5) is 12.3. The number of aromatic amines is 1. The number of nitrogens with one attached hydrogen (secondary N) is 2. The van der Waals surface area contributed by atoms with Crippen LogP contribution in [-0.4, -0.2) is 22.1 Å². The van der Waals surface area contributed by atoms with Crippen molar-refractivity contribution in [3.8, 4) is 5.75 Å². The maximum absolute atomic E-state index is 5.75. The van der Waals surface area contributed by atoms with E-state index in [9.17, 15) is 0 Å². The van der Waals surface area contributed by atoms with E-state index in [1.54, 1.807) is 13.4 Å². The van der Waals surface area contributed by atoms with Crippen LogP contribution in [0.15, 0.2) is 67.1 Å². The van der Waals surface area contributed by atoms with Crippen LogP contribution in [0.4, 0.5) is 11.5 Å². The Kier molecular flexibility index (Phi) is 5.75. The predicted molar refractivity (Wildman–Crippen MR) is 158 cm³/mol. The molecule has 0 saturated carbocycles. The van der Waals surface area contributed by atoms with E-state index in [1.165, 1.54) is 29.5 Å². The molecule has 0 spiro atoms. The second kappa shape index (κ2) is 9.02. The first-order valence-electron chi connectivity index (χ1n) is 13.2. The fourth-order valence-electron chi connectivity index (χ4n) is 5.67. The molecule has 0 fully saturated rings. The zero-order chi connectivity index (χ0) is 26.5. The molecule has 0 unspecified atom stereocenters. The first-order chi connectivity index (χ1) is 18.2. The van der Waals surface area contributed by atoms with Gasteiger partial charge >= 0.3 is 0 Å². The van der Waals surface area contributed by atoms with Crippen LogP contribution in [0.5, 0.6) is 5.75 Å². The Morgan fingerprint density at radius 1 is 0.868 bits per heavy atom. The lowest BCUT2D eigenvalue weighted by Gasteiger charge is -2.42. The number of H-pyrrole nitrogens is 1. The molecule has 1 aliphatic carbocycles. The van der Waals surface area contributed by atoms with Gasteiger partial charge in [-0.15, -0.1) is 0 Å². The van der Waals surface area contributed by atoms with Crippen LogP contribution in [0.2, 0.25) is 0 Å². The van der Waals surface area contributed by atoms with Crippen molar-refractivity contribution < 1.29 is 4.74 Å². The smallest absolute Gasteiger partial charge is 0.141 e. The van der Waals surface area contributed by atoms with Crippen molar-refractivity contribution in [1.29, 1.82) is 0 Å². The molecule has 6 rings (SSSR count). The van der Waals surface area contributed by atoms with Crippen molar-refractivity contribution in [3.63, 3.8) is 0 Å². The van der Waals surface area contributed by atoms with Gasteiger partial charge in [-0.1, -0.05) is 58.0 Å². The minimum Gasteiger partial charge on any atom is -0.496 e. The Bertz CT molecular complexity index is 1690. The van der Waals surface area contributed by atoms with E-state index in [2.05, 4.69) is 109 Å². The quantitative estimate of drug-likeness (QED) is 0.237. The zero-order valence-electron chi connectivity index (χ0n) is 22.7. The van der Waals surface area contributed by atoms with Crippen molar-refractivity contribution in [3.05, 3.63) is 89.4 Å². The highest BCUT2D eigenvalue weighted by atomic mass is 16.5. The van der Waals surface area contributed by atoms with Crippen LogP contribution in [-0.2, 0) is 10.8 Å². The molecule has 2 N–H and O–H groups in total. The molecule has 0 saturated heterocycles. The van der Waals surface area contributed by atoms with Crippen LogP contribution in [0, 0.1) is 0 Å². The van der Waals surface area contributed by atoms with Gasteiger partial charge in [0, 0.05) is 39.8 Å². The maximum Gasteiger partial charge on any atom is 0.141 e. The Morgan fingerprint density at radius 2 is 1.68 bits per heavy atom. The Balaban J connectivity index is 1.37. The first kappa shape index (κ1) is 24.2. The molecule has 0 atom stereocenters. The summed E-state index contributed by atoms with van der Waals surface area (Å²) >= 11 is 0. The number of fused-ring (bicyclic) bond motifs is 3. The summed E-state index contributed by atoms with van der Waals surface area (Å²) in [5, 5.41) is 5.58. The highest BCUT2D eigenvalue weighted by Gasteiger charge is 2.36. The van der Waals surface area contributed by atoms with Gasteiger partial charge < -0.3 is 15.0 Å². The standard InChI is InChI=1S/C33H34N4O/c1-32(2)13-14-33(3,4)27-16-21(7-10-26(27)32)6-8-23-18-25-29(19-30(23)38-5)35-20-36-31(25)37-24-9-11-28-22(17-24)12-15-34-28/h6-12,15-20,34H,13-14H2,1-5H3,(H,35,36,37)/b8-6+. The Morgan fingerprint density at radius 3 is 2.50 bits per heavy atom. The van der Waals surface area contributed by atoms with Gasteiger partial charge in [-0.25, -0.2) is 9.97 Å². The lowest BCUT2D eigenvalue weighted by atomic mass is 9.63. The van der Waals surface area contributed by atoms with Crippen LogP contribution < -0.4 is 10.1 Å². The molecule has 5 aromatic rings. The topological polar surface area (TPSA) is 62.8 Å². The molecule has 0 radical (unpaired) electrons. The van der Waals surface area contributed by atoms with Crippen LogP contribution >= 0.6 is 0 Å². The molecule has 3 aromatic carbocycles. The summed E-state index contributed by atoms with van der Waals surface area (Å²) in [6.07, 6.45) is 10.3. The minimum absolute atomic E-state index is 0.177. The molecule has 2 aromatic heterocycles. The van der Waals surface area contributed by atoms with E-state index in [0.29, 0.717) is 0 Å². The van der Waals surface area contributed by atoms with Gasteiger partial charge in [-0.2, -0.15) is 0 Å². The van der Waals surface area contributed by atoms with E-state index < -0.39 is 0 Å². The number of hydrogen-bond acceptors (Lipinski definition) is 4. The number of nitrogens with zero attached hydrogens (tertiary/aromatic N) is 2. The van der Waals surface area contributed by atoms with Gasteiger partial charge in [0.2, 0.25) is 0 Å². The zero-order valence-corrected chi connectivity index (χ0v) is 22.7. The lowest BCUT2D eigenvalue weighted by Crippen LogP contribution is -2.33. The molecule has 1 aliphatic rings. The average molecular weight is 503 g/mol. The predicted octanol–water partition coefficient (Wildman–Crippen LogP) is 8.38. The second-order valence-corrected chi connectivity index (χ2v) is 11.6. The molecule has 0 amide bonds. The van der Waals surface area contributed by atoms with E-state index in [4.69, 9.17) is 4.74 Å². The van der Waals surface area contributed by atoms with Crippen molar-refractivity contribution in [1.82, 2.24) is 15.0 Å². The molecular weight excluding hydrogens is 468 g/mol. The number of ether oxygens (including phenoxy) is 1. The van der Waals surface area contributed by atoms with Crippen LogP contribution in [0.1, 0.15) is 62.8 Å². The fraction of sp³-hybridized carbons (Fsp3) is 0.273. The van der Waals surface area contributed by atoms with Crippen molar-refractivity contribution >= 4 is 45.5 Å². The number of methoxy groups -OCH3 is 1. The highest BCUT2D eigenvalue weighted by molar-refractivity contribution is 5.95. The molecular formula is C33H34N4O. The average Bonchev–Trinajstić information content (AvgIpc) is 3.38. The summed E-state index contributed by atoms with van der Waals surface area (Å²) in [5.41, 5.74) is 8.41. The summed E-state index contributed by atoms with van der Waals surface area (Å²) in [6, 6.07) is 19.3. The highest BCUT2D eigenvalue weighted by Crippen LogP contribution is 2.46. The number of aromatic nitrogens is 3. The molecule has 0 aliphatic heterocycles. The third kappa shape index (κ3) is 4.32. The Hall–Kier alpha value is -4.12. The number of hydrogen-bond donors (Lipinski definition) is 2. The van der Waals surface area contributed by atoms with Crippen LogP contribution in [0.3, 0.4) is 0 Å². The van der Waals surface area contributed by atoms with Gasteiger partial charge in [0.1, 0.15) is 17.9 Å². The summed E-state index contributed by atoms with van der Waals surface area (Å²) in [6.45, 7) is 9.45. The molecule has 5 nitrogen and oxygen atoms in total. The monoisotopic (exact) mass is 502 g/mol. The van der Waals surface area contributed by atoms with E-state index in [1.807, 2.05) is 12.3 Å². The van der Waals surface area contributed by atoms with E-state index in [-0.39, 0.29) is 10.8 Å². The van der Waals surface area contributed by atoms with Crippen molar-refractivity contribution in [2.24, 2.45) is 0 Å². The van der Waals surface area contributed by atoms with E-state index >= 15 is 0 Å². The summed E-state index contributed by atoms with van der Waals surface area (Å²) in [5.74, 6) is 1.55. The molecule has 2 heterocycles. The first-order valence-corrected chi connectivity index (χ1v) is 13.2. The molecule has 0 bridgehead atoms. The normalized spacial score (nSPS) is 16.1. The Labute approximate surface area is 224 Å². The number of rotatable bonds is 5. The SMILES string of the molecule is COc1cc2ncnc(Nc3ccc4[nH]ccc4c3)c2cc1/C=C/c1ccc2c(c1)C(C)(C)CCC2(C)C. The van der Waals surface area contributed by atoms with Gasteiger partial charge in [-0.05, 0) is 70.7 Å². The van der Waals surface area contributed by atoms with Crippen molar-refractivity contribution in [2.75, 3.05) is 12.4 Å². The molecule has 38 heavy (non-hydrogen) atoms. The van der Waals surface area contributed by atoms with E-state index in [0.717, 1.165) is 44.6 Å². The number of anilines is 2. The molecule has 192 valence electrons. The lowest BCUT2D eigenvalue weighted by molar-refractivity contribution is 0.332. The summed E-state index contributed by atoms with van der Waals surface area (Å²) in [7, 11) is 1.70. The van der Waals surface area contributed by atoms with Gasteiger partial charge in [-0.3, -0.25) is 0 Å². The van der Waals surface area contributed by atoms with Crippen molar-refractivity contribution in [2.45, 2.75) is 51.4 Å². The maximum atomic E-state index is 5.75. The second-order valence-electron chi connectivity index (χ2n) is 11.6. The van der Waals surface area contributed by atoms with Gasteiger partial charge in [0.15, 0.2) is 0 Å². The third-order valence-electron chi connectivity index (χ3n) is 8.14.